The van der Waals surface area contributed by atoms with Gasteiger partial charge in [0.2, 0.25) is 0 Å². The van der Waals surface area contributed by atoms with Crippen LogP contribution in [-0.2, 0) is 4.84 Å². The van der Waals surface area contributed by atoms with Gasteiger partial charge in [-0.3, -0.25) is 0 Å². The van der Waals surface area contributed by atoms with Gasteiger partial charge in [0.25, 0.3) is 0 Å². The standard InChI is InChI=1S/C11H22N2O3/c1-11(2,3)9(13-10(14)15)7-4-5-8(6-7)16-12/h7-9,13H,4-6,12H2,1-3H3,(H,14,15)/t7-,8-,9?/m0/s1. The van der Waals surface area contributed by atoms with Crippen LogP contribution in [0.15, 0.2) is 0 Å². The lowest BCUT2D eigenvalue weighted by molar-refractivity contribution is 0.0514. The van der Waals surface area contributed by atoms with Gasteiger partial charge in [-0.2, -0.15) is 0 Å². The van der Waals surface area contributed by atoms with E-state index in [1.54, 1.807) is 0 Å². The fraction of sp³-hybridized carbons (Fsp3) is 0.909. The Labute approximate surface area is 96.3 Å². The molecule has 0 heterocycles. The maximum atomic E-state index is 10.8. The average Bonchev–Trinajstić information content (AvgIpc) is 2.60. The molecule has 0 spiro atoms. The first-order chi connectivity index (χ1) is 7.34. The van der Waals surface area contributed by atoms with Crippen molar-refractivity contribution in [3.05, 3.63) is 0 Å². The number of hydrogen-bond donors (Lipinski definition) is 3. The van der Waals surface area contributed by atoms with Crippen LogP contribution in [-0.4, -0.2) is 23.3 Å². The molecule has 1 aliphatic rings. The predicted molar refractivity (Wildman–Crippen MR) is 60.8 cm³/mol. The molecule has 0 bridgehead atoms. The van der Waals surface area contributed by atoms with E-state index in [1.807, 2.05) is 20.8 Å². The maximum absolute atomic E-state index is 10.8. The van der Waals surface area contributed by atoms with Crippen molar-refractivity contribution in [1.29, 1.82) is 0 Å². The normalized spacial score (nSPS) is 27.8. The van der Waals surface area contributed by atoms with E-state index in [1.165, 1.54) is 0 Å². The number of carboxylic acid groups (broad SMARTS) is 1. The largest absolute Gasteiger partial charge is 0.465 e. The van der Waals surface area contributed by atoms with Crippen molar-refractivity contribution in [2.75, 3.05) is 0 Å². The topological polar surface area (TPSA) is 84.6 Å². The van der Waals surface area contributed by atoms with Crippen LogP contribution in [0, 0.1) is 11.3 Å². The number of carbonyl (C=O) groups is 1. The lowest BCUT2D eigenvalue weighted by Crippen LogP contribution is -2.47. The SMILES string of the molecule is CC(C)(C)C(NC(=O)O)[C@H]1CC[C@H](ON)C1. The molecule has 4 N–H and O–H groups in total. The molecule has 0 saturated heterocycles. The van der Waals surface area contributed by atoms with Gasteiger partial charge in [-0.15, -0.1) is 0 Å². The molecule has 0 aliphatic heterocycles. The summed E-state index contributed by atoms with van der Waals surface area (Å²) < 4.78 is 0. The Bertz CT molecular complexity index is 250. The summed E-state index contributed by atoms with van der Waals surface area (Å²) >= 11 is 0. The van der Waals surface area contributed by atoms with E-state index in [2.05, 4.69) is 5.32 Å². The Kier molecular flexibility index (Phi) is 4.15. The van der Waals surface area contributed by atoms with Gasteiger partial charge in [0.1, 0.15) is 0 Å². The molecule has 1 rings (SSSR count). The number of nitrogens with one attached hydrogen (secondary N) is 1. The first-order valence-corrected chi connectivity index (χ1v) is 5.69. The highest BCUT2D eigenvalue weighted by Gasteiger charge is 2.38. The molecule has 94 valence electrons. The van der Waals surface area contributed by atoms with Gasteiger partial charge in [0.05, 0.1) is 6.10 Å². The third-order valence-electron chi connectivity index (χ3n) is 3.30. The molecule has 1 amide bonds. The summed E-state index contributed by atoms with van der Waals surface area (Å²) in [5.74, 6) is 5.48. The summed E-state index contributed by atoms with van der Waals surface area (Å²) in [6.45, 7) is 6.14. The van der Waals surface area contributed by atoms with Crippen molar-refractivity contribution < 1.29 is 14.7 Å². The lowest BCUT2D eigenvalue weighted by atomic mass is 9.78. The zero-order chi connectivity index (χ0) is 12.3. The first kappa shape index (κ1) is 13.3. The van der Waals surface area contributed by atoms with Crippen molar-refractivity contribution in [1.82, 2.24) is 5.32 Å². The fourth-order valence-electron chi connectivity index (χ4n) is 2.57. The van der Waals surface area contributed by atoms with Crippen molar-refractivity contribution >= 4 is 6.09 Å². The minimum absolute atomic E-state index is 0.0508. The molecule has 3 atom stereocenters. The number of nitrogens with two attached hydrogens (primary N) is 1. The van der Waals surface area contributed by atoms with Crippen LogP contribution in [0.5, 0.6) is 0 Å². The lowest BCUT2D eigenvalue weighted by Gasteiger charge is -2.35. The van der Waals surface area contributed by atoms with Gasteiger partial charge in [-0.25, -0.2) is 10.7 Å². The molecule has 1 fully saturated rings. The quantitative estimate of drug-likeness (QED) is 0.644. The molecule has 0 radical (unpaired) electrons. The molecular formula is C11H22N2O3. The van der Waals surface area contributed by atoms with E-state index in [0.717, 1.165) is 19.3 Å². The van der Waals surface area contributed by atoms with E-state index in [4.69, 9.17) is 15.8 Å². The van der Waals surface area contributed by atoms with Crippen LogP contribution in [0.25, 0.3) is 0 Å². The highest BCUT2D eigenvalue weighted by molar-refractivity contribution is 5.65. The van der Waals surface area contributed by atoms with Crippen LogP contribution in [0.2, 0.25) is 0 Å². The third kappa shape index (κ3) is 3.35. The van der Waals surface area contributed by atoms with Crippen molar-refractivity contribution in [3.8, 4) is 0 Å². The number of rotatable bonds is 3. The summed E-state index contributed by atoms with van der Waals surface area (Å²) in [4.78, 5) is 15.6. The minimum Gasteiger partial charge on any atom is -0.465 e. The Morgan fingerprint density at radius 1 is 1.50 bits per heavy atom. The fourth-order valence-corrected chi connectivity index (χ4v) is 2.57. The second-order valence-corrected chi connectivity index (χ2v) is 5.62. The molecule has 1 saturated carbocycles. The third-order valence-corrected chi connectivity index (χ3v) is 3.30. The molecule has 0 aromatic rings. The van der Waals surface area contributed by atoms with E-state index in [9.17, 15) is 4.79 Å². The van der Waals surface area contributed by atoms with Gasteiger partial charge in [0.15, 0.2) is 0 Å². The van der Waals surface area contributed by atoms with Crippen molar-refractivity contribution in [2.45, 2.75) is 52.2 Å². The highest BCUT2D eigenvalue weighted by atomic mass is 16.6. The Hall–Kier alpha value is -0.810. The zero-order valence-electron chi connectivity index (χ0n) is 10.2. The molecule has 5 heteroatoms. The summed E-state index contributed by atoms with van der Waals surface area (Å²) in [6.07, 6.45) is 1.82. The Balaban J connectivity index is 2.67. The van der Waals surface area contributed by atoms with Crippen LogP contribution >= 0.6 is 0 Å². The molecule has 0 aromatic carbocycles. The molecular weight excluding hydrogens is 208 g/mol. The van der Waals surface area contributed by atoms with Crippen molar-refractivity contribution in [3.63, 3.8) is 0 Å². The molecule has 0 aromatic heterocycles. The monoisotopic (exact) mass is 230 g/mol. The van der Waals surface area contributed by atoms with E-state index >= 15 is 0 Å². The van der Waals surface area contributed by atoms with Gasteiger partial charge in [0, 0.05) is 6.04 Å². The Morgan fingerprint density at radius 2 is 2.12 bits per heavy atom. The van der Waals surface area contributed by atoms with E-state index in [0.29, 0.717) is 5.92 Å². The van der Waals surface area contributed by atoms with Gasteiger partial charge in [-0.05, 0) is 30.6 Å². The molecule has 1 aliphatic carbocycles. The van der Waals surface area contributed by atoms with Gasteiger partial charge < -0.3 is 15.3 Å². The second kappa shape index (κ2) is 5.01. The maximum Gasteiger partial charge on any atom is 0.404 e. The zero-order valence-corrected chi connectivity index (χ0v) is 10.2. The van der Waals surface area contributed by atoms with Crippen LogP contribution in [0.4, 0.5) is 4.79 Å². The first-order valence-electron chi connectivity index (χ1n) is 5.69. The van der Waals surface area contributed by atoms with Crippen LogP contribution < -0.4 is 11.2 Å². The van der Waals surface area contributed by atoms with Gasteiger partial charge >= 0.3 is 6.09 Å². The molecule has 16 heavy (non-hydrogen) atoms. The summed E-state index contributed by atoms with van der Waals surface area (Å²) in [5, 5.41) is 11.5. The summed E-state index contributed by atoms with van der Waals surface area (Å²) in [6, 6.07) is -0.0508. The molecule has 1 unspecified atom stereocenters. The highest BCUT2D eigenvalue weighted by Crippen LogP contribution is 2.36. The van der Waals surface area contributed by atoms with Gasteiger partial charge in [-0.1, -0.05) is 20.8 Å². The Morgan fingerprint density at radius 3 is 2.50 bits per heavy atom. The van der Waals surface area contributed by atoms with E-state index < -0.39 is 6.09 Å². The molecule has 5 nitrogen and oxygen atoms in total. The number of hydrogen-bond acceptors (Lipinski definition) is 3. The summed E-state index contributed by atoms with van der Waals surface area (Å²) in [5.41, 5.74) is -0.0907. The predicted octanol–water partition coefficient (Wildman–Crippen LogP) is 1.73. The smallest absolute Gasteiger partial charge is 0.404 e. The van der Waals surface area contributed by atoms with Crippen LogP contribution in [0.1, 0.15) is 40.0 Å². The van der Waals surface area contributed by atoms with E-state index in [-0.39, 0.29) is 17.6 Å². The average molecular weight is 230 g/mol. The number of amides is 1. The summed E-state index contributed by atoms with van der Waals surface area (Å²) in [7, 11) is 0. The second-order valence-electron chi connectivity index (χ2n) is 5.62. The van der Waals surface area contributed by atoms with Crippen molar-refractivity contribution in [2.24, 2.45) is 17.2 Å². The minimum atomic E-state index is -0.961. The van der Waals surface area contributed by atoms with Crippen LogP contribution in [0.3, 0.4) is 0 Å².